The minimum absolute atomic E-state index is 0.141. The smallest absolute Gasteiger partial charge is 0.122 e. The molecule has 0 saturated carbocycles. The molecule has 2 heterocycles. The third kappa shape index (κ3) is 3.82. The van der Waals surface area contributed by atoms with E-state index in [0.29, 0.717) is 5.92 Å². The molecule has 1 fully saturated rings. The Morgan fingerprint density at radius 2 is 2.00 bits per heavy atom. The summed E-state index contributed by atoms with van der Waals surface area (Å²) in [4.78, 5) is 7.02. The van der Waals surface area contributed by atoms with Crippen molar-refractivity contribution in [2.45, 2.75) is 46.1 Å². The molecule has 1 aromatic carbocycles. The van der Waals surface area contributed by atoms with Crippen molar-refractivity contribution in [2.75, 3.05) is 13.1 Å². The first kappa shape index (κ1) is 16.2. The number of ether oxygens (including phenoxy) is 1. The van der Waals surface area contributed by atoms with Crippen molar-refractivity contribution >= 4 is 0 Å². The SMILES string of the molecule is CCn1ccnc1CN1C[C@@H](c2ccccc2)O[C@@H](C(C)C)C1. The van der Waals surface area contributed by atoms with Crippen LogP contribution in [0.2, 0.25) is 0 Å². The molecule has 1 aromatic heterocycles. The summed E-state index contributed by atoms with van der Waals surface area (Å²) in [5.74, 6) is 1.65. The molecule has 4 heteroatoms. The van der Waals surface area contributed by atoms with Gasteiger partial charge in [-0.15, -0.1) is 0 Å². The van der Waals surface area contributed by atoms with E-state index in [-0.39, 0.29) is 12.2 Å². The van der Waals surface area contributed by atoms with E-state index in [4.69, 9.17) is 4.74 Å². The second-order valence-electron chi connectivity index (χ2n) is 6.64. The fourth-order valence-corrected chi connectivity index (χ4v) is 3.19. The highest BCUT2D eigenvalue weighted by Gasteiger charge is 2.31. The molecule has 0 bridgehead atoms. The Kier molecular flexibility index (Phi) is 5.13. The summed E-state index contributed by atoms with van der Waals surface area (Å²) in [6, 6.07) is 10.6. The molecule has 124 valence electrons. The van der Waals surface area contributed by atoms with Crippen LogP contribution in [0.3, 0.4) is 0 Å². The number of aryl methyl sites for hydroxylation is 1. The van der Waals surface area contributed by atoms with Crippen molar-refractivity contribution in [1.29, 1.82) is 0 Å². The van der Waals surface area contributed by atoms with Gasteiger partial charge in [0.05, 0.1) is 18.8 Å². The first-order valence-electron chi connectivity index (χ1n) is 8.60. The van der Waals surface area contributed by atoms with Crippen molar-refractivity contribution in [1.82, 2.24) is 14.5 Å². The molecule has 0 unspecified atom stereocenters. The monoisotopic (exact) mass is 313 g/mol. The van der Waals surface area contributed by atoms with E-state index >= 15 is 0 Å². The highest BCUT2D eigenvalue weighted by molar-refractivity contribution is 5.18. The first-order chi connectivity index (χ1) is 11.2. The van der Waals surface area contributed by atoms with E-state index in [1.807, 2.05) is 6.20 Å². The third-order valence-electron chi connectivity index (χ3n) is 4.62. The highest BCUT2D eigenvalue weighted by Crippen LogP contribution is 2.28. The number of hydrogen-bond acceptors (Lipinski definition) is 3. The number of morpholine rings is 1. The lowest BCUT2D eigenvalue weighted by molar-refractivity contribution is -0.108. The predicted molar refractivity (Wildman–Crippen MR) is 92.1 cm³/mol. The van der Waals surface area contributed by atoms with Crippen LogP contribution in [0.15, 0.2) is 42.7 Å². The largest absolute Gasteiger partial charge is 0.367 e. The van der Waals surface area contributed by atoms with Crippen LogP contribution in [0.25, 0.3) is 0 Å². The summed E-state index contributed by atoms with van der Waals surface area (Å²) in [7, 11) is 0. The quantitative estimate of drug-likeness (QED) is 0.846. The molecule has 0 radical (unpaired) electrons. The Balaban J connectivity index is 1.77. The highest BCUT2D eigenvalue weighted by atomic mass is 16.5. The molecule has 2 aromatic rings. The Hall–Kier alpha value is -1.65. The molecule has 23 heavy (non-hydrogen) atoms. The maximum atomic E-state index is 6.37. The number of nitrogens with zero attached hydrogens (tertiary/aromatic N) is 3. The molecule has 0 aliphatic carbocycles. The summed E-state index contributed by atoms with van der Waals surface area (Å²) < 4.78 is 8.59. The molecular weight excluding hydrogens is 286 g/mol. The van der Waals surface area contributed by atoms with Crippen LogP contribution < -0.4 is 0 Å². The lowest BCUT2D eigenvalue weighted by Gasteiger charge is -2.40. The van der Waals surface area contributed by atoms with Crippen LogP contribution in [0.5, 0.6) is 0 Å². The number of imidazole rings is 1. The van der Waals surface area contributed by atoms with Gasteiger partial charge in [-0.25, -0.2) is 4.98 Å². The standard InChI is InChI=1S/C19H27N3O/c1-4-22-11-10-20-19(22)14-21-12-17(15(2)3)23-18(13-21)16-8-6-5-7-9-16/h5-11,15,17-18H,4,12-14H2,1-3H3/t17-,18+/m1/s1. The maximum Gasteiger partial charge on any atom is 0.122 e. The Labute approximate surface area is 139 Å². The number of aromatic nitrogens is 2. The number of hydrogen-bond donors (Lipinski definition) is 0. The minimum Gasteiger partial charge on any atom is -0.367 e. The maximum absolute atomic E-state index is 6.37. The van der Waals surface area contributed by atoms with Crippen LogP contribution in [0.1, 0.15) is 38.3 Å². The average molecular weight is 313 g/mol. The molecule has 1 saturated heterocycles. The molecule has 0 N–H and O–H groups in total. The number of rotatable bonds is 5. The lowest BCUT2D eigenvalue weighted by atomic mass is 10.0. The Morgan fingerprint density at radius 3 is 2.70 bits per heavy atom. The molecule has 4 nitrogen and oxygen atoms in total. The Bertz CT molecular complexity index is 608. The van der Waals surface area contributed by atoms with Crippen LogP contribution in [-0.2, 0) is 17.8 Å². The second-order valence-corrected chi connectivity index (χ2v) is 6.64. The van der Waals surface area contributed by atoms with Crippen molar-refractivity contribution in [3.63, 3.8) is 0 Å². The molecule has 3 rings (SSSR count). The Morgan fingerprint density at radius 1 is 1.22 bits per heavy atom. The lowest BCUT2D eigenvalue weighted by Crippen LogP contribution is -2.46. The summed E-state index contributed by atoms with van der Waals surface area (Å²) >= 11 is 0. The van der Waals surface area contributed by atoms with E-state index in [0.717, 1.165) is 32.0 Å². The average Bonchev–Trinajstić information content (AvgIpc) is 3.02. The van der Waals surface area contributed by atoms with E-state index in [2.05, 4.69) is 71.8 Å². The van der Waals surface area contributed by atoms with Gasteiger partial charge >= 0.3 is 0 Å². The fraction of sp³-hybridized carbons (Fsp3) is 0.526. The van der Waals surface area contributed by atoms with E-state index < -0.39 is 0 Å². The second kappa shape index (κ2) is 7.28. The van der Waals surface area contributed by atoms with Crippen LogP contribution in [0.4, 0.5) is 0 Å². The summed E-state index contributed by atoms with van der Waals surface area (Å²) in [6.07, 6.45) is 4.36. The van der Waals surface area contributed by atoms with Gasteiger partial charge in [-0.3, -0.25) is 4.90 Å². The number of benzene rings is 1. The zero-order valence-corrected chi connectivity index (χ0v) is 14.4. The third-order valence-corrected chi connectivity index (χ3v) is 4.62. The molecular formula is C19H27N3O. The summed E-state index contributed by atoms with van der Waals surface area (Å²) in [6.45, 7) is 10.4. The molecule has 0 spiro atoms. The van der Waals surface area contributed by atoms with Gasteiger partial charge in [-0.05, 0) is 18.4 Å². The van der Waals surface area contributed by atoms with Crippen molar-refractivity contribution in [3.05, 3.63) is 54.1 Å². The van der Waals surface area contributed by atoms with Gasteiger partial charge in [0, 0.05) is 32.0 Å². The van der Waals surface area contributed by atoms with Crippen molar-refractivity contribution < 1.29 is 4.74 Å². The minimum atomic E-state index is 0.141. The zero-order chi connectivity index (χ0) is 16.2. The van der Waals surface area contributed by atoms with Gasteiger partial charge in [0.1, 0.15) is 5.82 Å². The zero-order valence-electron chi connectivity index (χ0n) is 14.4. The van der Waals surface area contributed by atoms with Gasteiger partial charge in [-0.2, -0.15) is 0 Å². The fourth-order valence-electron chi connectivity index (χ4n) is 3.19. The van der Waals surface area contributed by atoms with Crippen LogP contribution in [0, 0.1) is 5.92 Å². The molecule has 0 amide bonds. The normalized spacial score (nSPS) is 22.6. The van der Waals surface area contributed by atoms with Crippen molar-refractivity contribution in [3.8, 4) is 0 Å². The predicted octanol–water partition coefficient (Wildman–Crippen LogP) is 3.50. The summed E-state index contributed by atoms with van der Waals surface area (Å²) in [5.41, 5.74) is 1.27. The first-order valence-corrected chi connectivity index (χ1v) is 8.60. The molecule has 2 atom stereocenters. The molecule has 1 aliphatic rings. The van der Waals surface area contributed by atoms with E-state index in [9.17, 15) is 0 Å². The van der Waals surface area contributed by atoms with E-state index in [1.54, 1.807) is 0 Å². The van der Waals surface area contributed by atoms with Gasteiger partial charge in [0.15, 0.2) is 0 Å². The van der Waals surface area contributed by atoms with Gasteiger partial charge < -0.3 is 9.30 Å². The van der Waals surface area contributed by atoms with Gasteiger partial charge in [0.2, 0.25) is 0 Å². The van der Waals surface area contributed by atoms with Gasteiger partial charge in [-0.1, -0.05) is 44.2 Å². The summed E-state index contributed by atoms with van der Waals surface area (Å²) in [5, 5.41) is 0. The van der Waals surface area contributed by atoms with Crippen LogP contribution >= 0.6 is 0 Å². The molecule has 1 aliphatic heterocycles. The van der Waals surface area contributed by atoms with Crippen LogP contribution in [-0.4, -0.2) is 33.6 Å². The van der Waals surface area contributed by atoms with Crippen molar-refractivity contribution in [2.24, 2.45) is 5.92 Å². The topological polar surface area (TPSA) is 30.3 Å². The van der Waals surface area contributed by atoms with E-state index in [1.165, 1.54) is 5.56 Å². The van der Waals surface area contributed by atoms with Gasteiger partial charge in [0.25, 0.3) is 0 Å².